The van der Waals surface area contributed by atoms with Gasteiger partial charge >= 0.3 is 0 Å². The first-order valence-corrected chi connectivity index (χ1v) is 5.40. The van der Waals surface area contributed by atoms with Crippen molar-refractivity contribution in [3.05, 3.63) is 42.2 Å². The molecule has 0 aliphatic rings. The van der Waals surface area contributed by atoms with E-state index in [-0.39, 0.29) is 6.10 Å². The van der Waals surface area contributed by atoms with Crippen LogP contribution in [0.15, 0.2) is 36.7 Å². The van der Waals surface area contributed by atoms with Gasteiger partial charge in [-0.1, -0.05) is 5.57 Å². The van der Waals surface area contributed by atoms with Crippen molar-refractivity contribution in [2.45, 2.75) is 38.7 Å². The number of aliphatic hydroxyl groups excluding tert-OH is 1. The number of nitrogens with zero attached hydrogens (tertiary/aromatic N) is 1. The second-order valence-electron chi connectivity index (χ2n) is 4.04. The van der Waals surface area contributed by atoms with Crippen molar-refractivity contribution in [1.29, 1.82) is 0 Å². The molecule has 0 saturated heterocycles. The lowest BCUT2D eigenvalue weighted by Gasteiger charge is -2.09. The van der Waals surface area contributed by atoms with Crippen molar-refractivity contribution in [3.8, 4) is 0 Å². The molecule has 0 saturated carbocycles. The van der Waals surface area contributed by atoms with Crippen molar-refractivity contribution in [3.63, 3.8) is 0 Å². The normalized spacial score (nSPS) is 12.4. The lowest BCUT2D eigenvalue weighted by Crippen LogP contribution is -2.07. The van der Waals surface area contributed by atoms with Gasteiger partial charge in [0.2, 0.25) is 0 Å². The van der Waals surface area contributed by atoms with E-state index in [0.717, 1.165) is 31.3 Å². The van der Waals surface area contributed by atoms with Crippen LogP contribution >= 0.6 is 0 Å². The summed E-state index contributed by atoms with van der Waals surface area (Å²) in [5.41, 5.74) is 2.37. The molecule has 1 rings (SSSR count). The standard InChI is InChI=1S/C13H19NO/c1-11(2)3-5-13(15)6-4-12-7-9-14-10-8-12/h7-10,13,15H,1,3-6H2,2H3. The van der Waals surface area contributed by atoms with Crippen LogP contribution in [-0.4, -0.2) is 16.2 Å². The van der Waals surface area contributed by atoms with Crippen LogP contribution in [0, 0.1) is 0 Å². The Morgan fingerprint density at radius 2 is 2.07 bits per heavy atom. The molecule has 82 valence electrons. The van der Waals surface area contributed by atoms with Crippen molar-refractivity contribution >= 4 is 0 Å². The second-order valence-corrected chi connectivity index (χ2v) is 4.04. The highest BCUT2D eigenvalue weighted by Gasteiger charge is 2.04. The molecule has 2 nitrogen and oxygen atoms in total. The highest BCUT2D eigenvalue weighted by Crippen LogP contribution is 2.10. The van der Waals surface area contributed by atoms with Gasteiger partial charge in [0.25, 0.3) is 0 Å². The Balaban J connectivity index is 2.22. The topological polar surface area (TPSA) is 33.1 Å². The Bertz CT molecular complexity index is 295. The van der Waals surface area contributed by atoms with Gasteiger partial charge in [-0.2, -0.15) is 0 Å². The van der Waals surface area contributed by atoms with Gasteiger partial charge in [0.05, 0.1) is 6.10 Å². The number of pyridine rings is 1. The Hall–Kier alpha value is -1.15. The lowest BCUT2D eigenvalue weighted by molar-refractivity contribution is 0.155. The molecule has 0 bridgehead atoms. The number of aromatic nitrogens is 1. The molecule has 1 heterocycles. The van der Waals surface area contributed by atoms with Gasteiger partial charge in [-0.3, -0.25) is 4.98 Å². The number of allylic oxidation sites excluding steroid dienone is 1. The number of hydrogen-bond acceptors (Lipinski definition) is 2. The van der Waals surface area contributed by atoms with Crippen molar-refractivity contribution in [1.82, 2.24) is 4.98 Å². The van der Waals surface area contributed by atoms with Crippen LogP contribution in [0.2, 0.25) is 0 Å². The molecule has 1 aromatic rings. The molecule has 0 aromatic carbocycles. The maximum atomic E-state index is 9.70. The second kappa shape index (κ2) is 6.36. The Morgan fingerprint density at radius 1 is 1.40 bits per heavy atom. The Morgan fingerprint density at radius 3 is 2.67 bits per heavy atom. The van der Waals surface area contributed by atoms with Gasteiger partial charge in [-0.15, -0.1) is 6.58 Å². The summed E-state index contributed by atoms with van der Waals surface area (Å²) < 4.78 is 0. The zero-order chi connectivity index (χ0) is 11.1. The van der Waals surface area contributed by atoms with E-state index in [1.54, 1.807) is 12.4 Å². The summed E-state index contributed by atoms with van der Waals surface area (Å²) in [6, 6.07) is 3.98. The summed E-state index contributed by atoms with van der Waals surface area (Å²) in [6.45, 7) is 5.82. The van der Waals surface area contributed by atoms with Crippen LogP contribution in [0.1, 0.15) is 31.7 Å². The van der Waals surface area contributed by atoms with Crippen LogP contribution in [0.25, 0.3) is 0 Å². The summed E-state index contributed by atoms with van der Waals surface area (Å²) in [7, 11) is 0. The number of rotatable bonds is 6. The monoisotopic (exact) mass is 205 g/mol. The zero-order valence-electron chi connectivity index (χ0n) is 9.32. The first-order chi connectivity index (χ1) is 7.18. The molecule has 0 spiro atoms. The Labute approximate surface area is 91.7 Å². The highest BCUT2D eigenvalue weighted by atomic mass is 16.3. The lowest BCUT2D eigenvalue weighted by atomic mass is 10.0. The van der Waals surface area contributed by atoms with Crippen molar-refractivity contribution in [2.75, 3.05) is 0 Å². The van der Waals surface area contributed by atoms with E-state index in [2.05, 4.69) is 11.6 Å². The molecular weight excluding hydrogens is 186 g/mol. The minimum Gasteiger partial charge on any atom is -0.393 e. The minimum atomic E-state index is -0.213. The van der Waals surface area contributed by atoms with E-state index < -0.39 is 0 Å². The third-order valence-electron chi connectivity index (χ3n) is 2.42. The van der Waals surface area contributed by atoms with Gasteiger partial charge < -0.3 is 5.11 Å². The SMILES string of the molecule is C=C(C)CCC(O)CCc1ccncc1. The summed E-state index contributed by atoms with van der Waals surface area (Å²) in [6.07, 6.45) is 6.83. The molecular formula is C13H19NO. The number of aryl methyl sites for hydroxylation is 1. The predicted molar refractivity (Wildman–Crippen MR) is 62.6 cm³/mol. The van der Waals surface area contributed by atoms with E-state index in [9.17, 15) is 5.11 Å². The maximum absolute atomic E-state index is 9.70. The third-order valence-corrected chi connectivity index (χ3v) is 2.42. The Kier molecular flexibility index (Phi) is 5.05. The van der Waals surface area contributed by atoms with Crippen LogP contribution in [0.3, 0.4) is 0 Å². The molecule has 0 amide bonds. The molecule has 1 atom stereocenters. The van der Waals surface area contributed by atoms with Crippen LogP contribution in [0.5, 0.6) is 0 Å². The third kappa shape index (κ3) is 5.33. The largest absolute Gasteiger partial charge is 0.393 e. The van der Waals surface area contributed by atoms with E-state index in [4.69, 9.17) is 0 Å². The molecule has 0 fully saturated rings. The predicted octanol–water partition coefficient (Wildman–Crippen LogP) is 2.73. The maximum Gasteiger partial charge on any atom is 0.0546 e. The highest BCUT2D eigenvalue weighted by molar-refractivity contribution is 5.09. The summed E-state index contributed by atoms with van der Waals surface area (Å²) in [5, 5.41) is 9.70. The minimum absolute atomic E-state index is 0.213. The van der Waals surface area contributed by atoms with Gasteiger partial charge in [-0.05, 0) is 50.3 Å². The van der Waals surface area contributed by atoms with Crippen LogP contribution in [-0.2, 0) is 6.42 Å². The molecule has 15 heavy (non-hydrogen) atoms. The molecule has 0 radical (unpaired) electrons. The molecule has 1 N–H and O–H groups in total. The van der Waals surface area contributed by atoms with Crippen molar-refractivity contribution < 1.29 is 5.11 Å². The molecule has 0 aliphatic carbocycles. The van der Waals surface area contributed by atoms with E-state index >= 15 is 0 Å². The fraction of sp³-hybridized carbons (Fsp3) is 0.462. The quantitative estimate of drug-likeness (QED) is 0.724. The van der Waals surface area contributed by atoms with E-state index in [1.165, 1.54) is 5.56 Å². The summed E-state index contributed by atoms with van der Waals surface area (Å²) in [5.74, 6) is 0. The molecule has 0 aliphatic heterocycles. The fourth-order valence-corrected chi connectivity index (χ4v) is 1.44. The van der Waals surface area contributed by atoms with Gasteiger partial charge in [0, 0.05) is 12.4 Å². The average molecular weight is 205 g/mol. The molecule has 1 aromatic heterocycles. The number of aliphatic hydroxyl groups is 1. The zero-order valence-corrected chi connectivity index (χ0v) is 9.32. The first kappa shape index (κ1) is 11.9. The van der Waals surface area contributed by atoms with Crippen LogP contribution < -0.4 is 0 Å². The number of hydrogen-bond donors (Lipinski definition) is 1. The van der Waals surface area contributed by atoms with Gasteiger partial charge in [-0.25, -0.2) is 0 Å². The average Bonchev–Trinajstić information content (AvgIpc) is 2.25. The van der Waals surface area contributed by atoms with Gasteiger partial charge in [0.15, 0.2) is 0 Å². The smallest absolute Gasteiger partial charge is 0.0546 e. The van der Waals surface area contributed by atoms with E-state index in [1.807, 2.05) is 19.1 Å². The summed E-state index contributed by atoms with van der Waals surface area (Å²) in [4.78, 5) is 3.96. The van der Waals surface area contributed by atoms with Gasteiger partial charge in [0.1, 0.15) is 0 Å². The van der Waals surface area contributed by atoms with Crippen LogP contribution in [0.4, 0.5) is 0 Å². The molecule has 1 unspecified atom stereocenters. The fourth-order valence-electron chi connectivity index (χ4n) is 1.44. The molecule has 2 heteroatoms. The first-order valence-electron chi connectivity index (χ1n) is 5.40. The summed E-state index contributed by atoms with van der Waals surface area (Å²) >= 11 is 0. The van der Waals surface area contributed by atoms with E-state index in [0.29, 0.717) is 0 Å². The van der Waals surface area contributed by atoms with Crippen molar-refractivity contribution in [2.24, 2.45) is 0 Å².